The van der Waals surface area contributed by atoms with Gasteiger partial charge in [0.1, 0.15) is 0 Å². The molecule has 0 fully saturated rings. The quantitative estimate of drug-likeness (QED) is 0.107. The average Bonchev–Trinajstić information content (AvgIpc) is 2.70. The van der Waals surface area contributed by atoms with Gasteiger partial charge in [0.2, 0.25) is 0 Å². The number of rotatable bonds is 24. The molecule has 0 spiro atoms. The molecule has 0 aliphatic heterocycles. The first kappa shape index (κ1) is 30.2. The van der Waals surface area contributed by atoms with E-state index in [1.807, 2.05) is 0 Å². The first-order valence-electron chi connectivity index (χ1n) is 14.1. The molecule has 0 bridgehead atoms. The molecule has 0 aliphatic rings. The molecule has 0 heterocycles. The van der Waals surface area contributed by atoms with E-state index in [1.165, 1.54) is 135 Å². The maximum atomic E-state index is 5.91. The van der Waals surface area contributed by atoms with Crippen LogP contribution in [0.25, 0.3) is 0 Å². The third-order valence-corrected chi connectivity index (χ3v) is 7.64. The van der Waals surface area contributed by atoms with Crippen molar-refractivity contribution < 1.29 is 4.43 Å². The molecule has 0 radical (unpaired) electrons. The summed E-state index contributed by atoms with van der Waals surface area (Å²) in [6, 6.07) is 0. The smallest absolute Gasteiger partial charge is 0.183 e. The predicted octanol–water partition coefficient (Wildman–Crippen LogP) is 10.7. The summed E-state index contributed by atoms with van der Waals surface area (Å²) in [6.45, 7) is 12.6. The minimum absolute atomic E-state index is 0.945. The van der Waals surface area contributed by atoms with Crippen LogP contribution in [-0.2, 0) is 4.43 Å². The fourth-order valence-corrected chi connectivity index (χ4v) is 4.94. The van der Waals surface area contributed by atoms with Crippen LogP contribution < -0.4 is 0 Å². The van der Waals surface area contributed by atoms with Gasteiger partial charge in [-0.15, -0.1) is 0 Å². The Bertz CT molecular complexity index is 323. The Morgan fingerprint density at radius 3 is 1.10 bits per heavy atom. The maximum absolute atomic E-state index is 5.91. The Labute approximate surface area is 193 Å². The molecule has 0 saturated carbocycles. The minimum Gasteiger partial charge on any atom is -0.418 e. The molecule has 0 aromatic rings. The molecule has 30 heavy (non-hydrogen) atoms. The zero-order chi connectivity index (χ0) is 22.3. The second-order valence-corrected chi connectivity index (χ2v) is 15.5. The van der Waals surface area contributed by atoms with E-state index in [1.54, 1.807) is 0 Å². The van der Waals surface area contributed by atoms with Gasteiger partial charge >= 0.3 is 0 Å². The number of hydrogen-bond donors (Lipinski definition) is 0. The predicted molar refractivity (Wildman–Crippen MR) is 141 cm³/mol. The Hall–Kier alpha value is 0.177. The fourth-order valence-electron chi connectivity index (χ4n) is 4.18. The molecule has 1 atom stereocenters. The third-order valence-electron chi connectivity index (χ3n) is 6.57. The standard InChI is InChI=1S/C28H60OSi/c1-6-28(2)26-24-22-20-18-16-14-12-10-8-7-9-11-13-15-17-19-21-23-25-27-29-30(3,4)5/h28H,6-27H2,1-5H3. The average molecular weight is 441 g/mol. The van der Waals surface area contributed by atoms with Gasteiger partial charge in [0, 0.05) is 6.61 Å². The summed E-state index contributed by atoms with van der Waals surface area (Å²) >= 11 is 0. The van der Waals surface area contributed by atoms with Crippen molar-refractivity contribution in [3.63, 3.8) is 0 Å². The van der Waals surface area contributed by atoms with E-state index in [0.717, 1.165) is 12.5 Å². The molecule has 1 unspecified atom stereocenters. The Morgan fingerprint density at radius 1 is 0.500 bits per heavy atom. The zero-order valence-corrected chi connectivity index (χ0v) is 23.0. The van der Waals surface area contributed by atoms with Gasteiger partial charge in [0.05, 0.1) is 0 Å². The van der Waals surface area contributed by atoms with Crippen LogP contribution in [-0.4, -0.2) is 14.9 Å². The second kappa shape index (κ2) is 22.4. The van der Waals surface area contributed by atoms with Crippen LogP contribution in [0, 0.1) is 5.92 Å². The molecule has 2 heteroatoms. The summed E-state index contributed by atoms with van der Waals surface area (Å²) < 4.78 is 5.91. The lowest BCUT2D eigenvalue weighted by molar-refractivity contribution is 0.298. The van der Waals surface area contributed by atoms with Crippen molar-refractivity contribution in [2.45, 2.75) is 168 Å². The van der Waals surface area contributed by atoms with Crippen LogP contribution in [0.15, 0.2) is 0 Å². The molecule has 0 saturated heterocycles. The van der Waals surface area contributed by atoms with E-state index >= 15 is 0 Å². The van der Waals surface area contributed by atoms with Crippen LogP contribution in [0.1, 0.15) is 149 Å². The lowest BCUT2D eigenvalue weighted by Crippen LogP contribution is -2.25. The van der Waals surface area contributed by atoms with E-state index in [4.69, 9.17) is 4.43 Å². The molecular formula is C28H60OSi. The van der Waals surface area contributed by atoms with Crippen LogP contribution in [0.2, 0.25) is 19.6 Å². The topological polar surface area (TPSA) is 9.23 Å². The molecule has 0 amide bonds. The van der Waals surface area contributed by atoms with Gasteiger partial charge in [-0.05, 0) is 32.0 Å². The normalized spacial score (nSPS) is 13.1. The SMILES string of the molecule is CCC(C)CCCCCCCCCCCCCCCCCCCCCO[Si](C)(C)C. The van der Waals surface area contributed by atoms with Crippen molar-refractivity contribution in [1.82, 2.24) is 0 Å². The Morgan fingerprint density at radius 2 is 0.800 bits per heavy atom. The van der Waals surface area contributed by atoms with Crippen LogP contribution in [0.5, 0.6) is 0 Å². The highest BCUT2D eigenvalue weighted by atomic mass is 28.4. The highest BCUT2D eigenvalue weighted by molar-refractivity contribution is 6.69. The van der Waals surface area contributed by atoms with Gasteiger partial charge in [-0.1, -0.05) is 142 Å². The van der Waals surface area contributed by atoms with Crippen molar-refractivity contribution in [1.29, 1.82) is 0 Å². The van der Waals surface area contributed by atoms with Gasteiger partial charge in [0.25, 0.3) is 0 Å². The molecule has 1 nitrogen and oxygen atoms in total. The lowest BCUT2D eigenvalue weighted by Gasteiger charge is -2.16. The van der Waals surface area contributed by atoms with Crippen LogP contribution >= 0.6 is 0 Å². The first-order chi connectivity index (χ1) is 14.5. The van der Waals surface area contributed by atoms with E-state index < -0.39 is 8.32 Å². The zero-order valence-electron chi connectivity index (χ0n) is 22.0. The van der Waals surface area contributed by atoms with E-state index in [9.17, 15) is 0 Å². The summed E-state index contributed by atoms with van der Waals surface area (Å²) in [5.74, 6) is 0.945. The highest BCUT2D eigenvalue weighted by Gasteiger charge is 2.12. The summed E-state index contributed by atoms with van der Waals surface area (Å²) in [6.07, 6.45) is 30.4. The molecule has 0 aromatic carbocycles. The molecule has 0 rings (SSSR count). The molecule has 0 aliphatic carbocycles. The van der Waals surface area contributed by atoms with E-state index in [-0.39, 0.29) is 0 Å². The van der Waals surface area contributed by atoms with Crippen LogP contribution in [0.4, 0.5) is 0 Å². The van der Waals surface area contributed by atoms with Gasteiger partial charge in [0.15, 0.2) is 8.32 Å². The van der Waals surface area contributed by atoms with E-state index in [2.05, 4.69) is 33.5 Å². The fraction of sp³-hybridized carbons (Fsp3) is 1.00. The Kier molecular flexibility index (Phi) is 22.5. The van der Waals surface area contributed by atoms with Crippen molar-refractivity contribution in [2.24, 2.45) is 5.92 Å². The van der Waals surface area contributed by atoms with Crippen molar-refractivity contribution in [3.05, 3.63) is 0 Å². The molecule has 182 valence electrons. The summed E-state index contributed by atoms with van der Waals surface area (Å²) in [5, 5.41) is 0. The van der Waals surface area contributed by atoms with Crippen molar-refractivity contribution >= 4 is 8.32 Å². The first-order valence-corrected chi connectivity index (χ1v) is 17.5. The number of hydrogen-bond acceptors (Lipinski definition) is 1. The Balaban J connectivity index is 3.05. The van der Waals surface area contributed by atoms with Crippen molar-refractivity contribution in [2.75, 3.05) is 6.61 Å². The molecule has 0 N–H and O–H groups in total. The largest absolute Gasteiger partial charge is 0.418 e. The minimum atomic E-state index is -1.28. The highest BCUT2D eigenvalue weighted by Crippen LogP contribution is 2.16. The monoisotopic (exact) mass is 440 g/mol. The summed E-state index contributed by atoms with van der Waals surface area (Å²) in [4.78, 5) is 0. The van der Waals surface area contributed by atoms with Gasteiger partial charge in [-0.25, -0.2) is 0 Å². The summed E-state index contributed by atoms with van der Waals surface area (Å²) in [7, 11) is -1.28. The van der Waals surface area contributed by atoms with Gasteiger partial charge in [-0.2, -0.15) is 0 Å². The van der Waals surface area contributed by atoms with Crippen LogP contribution in [0.3, 0.4) is 0 Å². The summed E-state index contributed by atoms with van der Waals surface area (Å²) in [5.41, 5.74) is 0. The lowest BCUT2D eigenvalue weighted by atomic mass is 9.99. The molecule has 0 aromatic heterocycles. The second-order valence-electron chi connectivity index (χ2n) is 11.0. The van der Waals surface area contributed by atoms with Crippen molar-refractivity contribution in [3.8, 4) is 0 Å². The molecular weight excluding hydrogens is 380 g/mol. The third kappa shape index (κ3) is 26.2. The van der Waals surface area contributed by atoms with Gasteiger partial charge < -0.3 is 4.43 Å². The number of unbranched alkanes of at least 4 members (excludes halogenated alkanes) is 18. The maximum Gasteiger partial charge on any atom is 0.183 e. The van der Waals surface area contributed by atoms with E-state index in [0.29, 0.717) is 0 Å². The van der Waals surface area contributed by atoms with Gasteiger partial charge in [-0.3, -0.25) is 0 Å².